The maximum absolute atomic E-state index is 11.2. The summed E-state index contributed by atoms with van der Waals surface area (Å²) in [7, 11) is 0. The molecule has 4 nitrogen and oxygen atoms in total. The van der Waals surface area contributed by atoms with Gasteiger partial charge in [0, 0.05) is 19.0 Å². The normalized spacial score (nSPS) is 17.4. The highest BCUT2D eigenvalue weighted by Crippen LogP contribution is 2.07. The van der Waals surface area contributed by atoms with E-state index in [1.54, 1.807) is 0 Å². The second-order valence-electron chi connectivity index (χ2n) is 4.96. The molecule has 1 fully saturated rings. The number of likely N-dealkylation sites (tertiary alicyclic amines) is 1. The highest BCUT2D eigenvalue weighted by molar-refractivity contribution is 5.77. The van der Waals surface area contributed by atoms with Crippen LogP contribution in [0.5, 0.6) is 0 Å². The van der Waals surface area contributed by atoms with Crippen LogP contribution in [0.4, 0.5) is 0 Å². The van der Waals surface area contributed by atoms with Gasteiger partial charge in [0.2, 0.25) is 5.91 Å². The third-order valence-corrected chi connectivity index (χ3v) is 3.07. The third kappa shape index (κ3) is 6.64. The van der Waals surface area contributed by atoms with Crippen LogP contribution < -0.4 is 5.32 Å². The van der Waals surface area contributed by atoms with Crippen LogP contribution in [-0.4, -0.2) is 50.2 Å². The zero-order chi connectivity index (χ0) is 12.5. The first-order chi connectivity index (χ1) is 8.20. The number of hydrogen-bond donors (Lipinski definition) is 1. The highest BCUT2D eigenvalue weighted by Gasteiger charge is 2.09. The van der Waals surface area contributed by atoms with Crippen LogP contribution in [0.15, 0.2) is 0 Å². The molecule has 1 aliphatic rings. The van der Waals surface area contributed by atoms with Gasteiger partial charge in [0.1, 0.15) is 0 Å². The molecule has 0 atom stereocenters. The Balaban J connectivity index is 1.88. The van der Waals surface area contributed by atoms with Crippen molar-refractivity contribution in [1.29, 1.82) is 0 Å². The first-order valence-electron chi connectivity index (χ1n) is 6.78. The molecule has 0 aromatic rings. The summed E-state index contributed by atoms with van der Waals surface area (Å²) in [4.78, 5) is 13.7. The van der Waals surface area contributed by atoms with Gasteiger partial charge in [0.15, 0.2) is 0 Å². The van der Waals surface area contributed by atoms with Crippen LogP contribution in [0.2, 0.25) is 0 Å². The number of ether oxygens (including phenoxy) is 1. The molecule has 0 unspecified atom stereocenters. The molecule has 0 aromatic carbocycles. The predicted octanol–water partition coefficient (Wildman–Crippen LogP) is 1.26. The molecular formula is C13H26N2O2. The van der Waals surface area contributed by atoms with E-state index < -0.39 is 0 Å². The molecule has 1 aliphatic heterocycles. The Kier molecular flexibility index (Phi) is 7.21. The van der Waals surface area contributed by atoms with Gasteiger partial charge < -0.3 is 15.0 Å². The fourth-order valence-corrected chi connectivity index (χ4v) is 1.93. The molecule has 0 bridgehead atoms. The van der Waals surface area contributed by atoms with Crippen molar-refractivity contribution in [2.45, 2.75) is 33.1 Å². The number of nitrogens with one attached hydrogen (secondary N) is 1. The first-order valence-corrected chi connectivity index (χ1v) is 6.78. The monoisotopic (exact) mass is 242 g/mol. The zero-order valence-electron chi connectivity index (χ0n) is 11.2. The number of rotatable bonds is 7. The van der Waals surface area contributed by atoms with E-state index in [9.17, 15) is 4.79 Å². The molecule has 1 N–H and O–H groups in total. The van der Waals surface area contributed by atoms with Crippen molar-refractivity contribution in [2.75, 3.05) is 39.4 Å². The minimum atomic E-state index is 0.0587. The Bertz CT molecular complexity index is 213. The molecule has 0 aromatic heterocycles. The summed E-state index contributed by atoms with van der Waals surface area (Å²) in [5, 5.41) is 2.84. The van der Waals surface area contributed by atoms with E-state index in [4.69, 9.17) is 4.74 Å². The van der Waals surface area contributed by atoms with Crippen LogP contribution >= 0.6 is 0 Å². The van der Waals surface area contributed by atoms with Gasteiger partial charge in [-0.2, -0.15) is 0 Å². The standard InChI is InChI=1S/C13H26N2O2/c1-12(2)13(16)14-6-10-17-11-9-15-7-4-3-5-8-15/h12H,3-11H2,1-2H3,(H,14,16). The number of piperidine rings is 1. The average molecular weight is 242 g/mol. The molecule has 17 heavy (non-hydrogen) atoms. The lowest BCUT2D eigenvalue weighted by molar-refractivity contribution is -0.124. The Labute approximate surface area is 105 Å². The maximum Gasteiger partial charge on any atom is 0.222 e. The number of nitrogens with zero attached hydrogens (tertiary/aromatic N) is 1. The molecule has 0 aliphatic carbocycles. The minimum Gasteiger partial charge on any atom is -0.378 e. The van der Waals surface area contributed by atoms with Gasteiger partial charge >= 0.3 is 0 Å². The number of carbonyl (C=O) groups is 1. The first kappa shape index (κ1) is 14.5. The van der Waals surface area contributed by atoms with Gasteiger partial charge in [0.05, 0.1) is 13.2 Å². The van der Waals surface area contributed by atoms with Crippen molar-refractivity contribution >= 4 is 5.91 Å². The summed E-state index contributed by atoms with van der Waals surface area (Å²) >= 11 is 0. The smallest absolute Gasteiger partial charge is 0.222 e. The van der Waals surface area contributed by atoms with Gasteiger partial charge in [-0.3, -0.25) is 4.79 Å². The van der Waals surface area contributed by atoms with Gasteiger partial charge in [-0.1, -0.05) is 20.3 Å². The highest BCUT2D eigenvalue weighted by atomic mass is 16.5. The fourth-order valence-electron chi connectivity index (χ4n) is 1.93. The maximum atomic E-state index is 11.2. The lowest BCUT2D eigenvalue weighted by Gasteiger charge is -2.26. The minimum absolute atomic E-state index is 0.0587. The number of hydrogen-bond acceptors (Lipinski definition) is 3. The SMILES string of the molecule is CC(C)C(=O)NCCOCCN1CCCCC1. The van der Waals surface area contributed by atoms with Crippen LogP contribution in [-0.2, 0) is 9.53 Å². The lowest BCUT2D eigenvalue weighted by atomic mass is 10.1. The second-order valence-corrected chi connectivity index (χ2v) is 4.96. The number of carbonyl (C=O) groups excluding carboxylic acids is 1. The second kappa shape index (κ2) is 8.48. The van der Waals surface area contributed by atoms with Gasteiger partial charge in [0.25, 0.3) is 0 Å². The fraction of sp³-hybridized carbons (Fsp3) is 0.923. The molecule has 1 heterocycles. The summed E-state index contributed by atoms with van der Waals surface area (Å²) in [6.45, 7) is 9.26. The summed E-state index contributed by atoms with van der Waals surface area (Å²) < 4.78 is 5.51. The van der Waals surface area contributed by atoms with Crippen LogP contribution in [0.3, 0.4) is 0 Å². The molecule has 1 rings (SSSR count). The Morgan fingerprint density at radius 1 is 1.24 bits per heavy atom. The van der Waals surface area contributed by atoms with Crippen molar-refractivity contribution in [3.8, 4) is 0 Å². The predicted molar refractivity (Wildman–Crippen MR) is 69.0 cm³/mol. The van der Waals surface area contributed by atoms with Crippen molar-refractivity contribution in [3.63, 3.8) is 0 Å². The summed E-state index contributed by atoms with van der Waals surface area (Å²) in [5.74, 6) is 0.160. The zero-order valence-corrected chi connectivity index (χ0v) is 11.2. The molecular weight excluding hydrogens is 216 g/mol. The van der Waals surface area contributed by atoms with E-state index in [-0.39, 0.29) is 11.8 Å². The van der Waals surface area contributed by atoms with Gasteiger partial charge in [-0.15, -0.1) is 0 Å². The van der Waals surface area contributed by atoms with Crippen molar-refractivity contribution < 1.29 is 9.53 Å². The van der Waals surface area contributed by atoms with Gasteiger partial charge in [-0.05, 0) is 25.9 Å². The Hall–Kier alpha value is -0.610. The van der Waals surface area contributed by atoms with Crippen molar-refractivity contribution in [1.82, 2.24) is 10.2 Å². The molecule has 4 heteroatoms. The molecule has 0 radical (unpaired) electrons. The van der Waals surface area contributed by atoms with E-state index in [0.29, 0.717) is 13.2 Å². The third-order valence-electron chi connectivity index (χ3n) is 3.07. The summed E-state index contributed by atoms with van der Waals surface area (Å²) in [5.41, 5.74) is 0. The van der Waals surface area contributed by atoms with E-state index in [1.807, 2.05) is 13.8 Å². The van der Waals surface area contributed by atoms with Crippen LogP contribution in [0.25, 0.3) is 0 Å². The largest absolute Gasteiger partial charge is 0.378 e. The van der Waals surface area contributed by atoms with Crippen LogP contribution in [0.1, 0.15) is 33.1 Å². The van der Waals surface area contributed by atoms with E-state index >= 15 is 0 Å². The molecule has 1 saturated heterocycles. The summed E-state index contributed by atoms with van der Waals surface area (Å²) in [6, 6.07) is 0. The van der Waals surface area contributed by atoms with Crippen LogP contribution in [0, 0.1) is 5.92 Å². The van der Waals surface area contributed by atoms with E-state index in [1.165, 1.54) is 32.4 Å². The van der Waals surface area contributed by atoms with Gasteiger partial charge in [-0.25, -0.2) is 0 Å². The van der Waals surface area contributed by atoms with E-state index in [2.05, 4.69) is 10.2 Å². The quantitative estimate of drug-likeness (QED) is 0.683. The molecule has 0 spiro atoms. The van der Waals surface area contributed by atoms with Crippen molar-refractivity contribution in [3.05, 3.63) is 0 Å². The molecule has 1 amide bonds. The molecule has 100 valence electrons. The average Bonchev–Trinajstić information content (AvgIpc) is 2.34. The van der Waals surface area contributed by atoms with E-state index in [0.717, 1.165) is 13.2 Å². The molecule has 0 saturated carbocycles. The Morgan fingerprint density at radius 2 is 1.94 bits per heavy atom. The lowest BCUT2D eigenvalue weighted by Crippen LogP contribution is -2.34. The Morgan fingerprint density at radius 3 is 2.59 bits per heavy atom. The number of amides is 1. The topological polar surface area (TPSA) is 41.6 Å². The van der Waals surface area contributed by atoms with Crippen molar-refractivity contribution in [2.24, 2.45) is 5.92 Å². The summed E-state index contributed by atoms with van der Waals surface area (Å²) in [6.07, 6.45) is 4.02.